The summed E-state index contributed by atoms with van der Waals surface area (Å²) in [5.74, 6) is -0.129. The van der Waals surface area contributed by atoms with E-state index in [1.54, 1.807) is 41.3 Å². The molecule has 1 amide bonds. The molecule has 28 heavy (non-hydrogen) atoms. The highest BCUT2D eigenvalue weighted by atomic mass is 19.3. The quantitative estimate of drug-likeness (QED) is 0.673. The maximum Gasteiger partial charge on any atom is 0.387 e. The van der Waals surface area contributed by atoms with Crippen LogP contribution in [0.4, 0.5) is 14.5 Å². The normalized spacial score (nSPS) is 15.9. The summed E-state index contributed by atoms with van der Waals surface area (Å²) in [6, 6.07) is 23.2. The van der Waals surface area contributed by atoms with Crippen LogP contribution in [0.1, 0.15) is 27.7 Å². The zero-order chi connectivity index (χ0) is 19.5. The maximum absolute atomic E-state index is 13.2. The van der Waals surface area contributed by atoms with Gasteiger partial charge in [0.05, 0.1) is 5.56 Å². The van der Waals surface area contributed by atoms with Crippen LogP contribution in [0.5, 0.6) is 5.75 Å². The van der Waals surface area contributed by atoms with E-state index in [0.29, 0.717) is 23.4 Å². The zero-order valence-corrected chi connectivity index (χ0v) is 14.9. The molecule has 0 spiro atoms. The first-order valence-electron chi connectivity index (χ1n) is 8.87. The molecule has 3 aromatic carbocycles. The van der Waals surface area contributed by atoms with Gasteiger partial charge in [-0.1, -0.05) is 60.7 Å². The summed E-state index contributed by atoms with van der Waals surface area (Å²) in [6.07, 6.45) is -0.641. The van der Waals surface area contributed by atoms with Crippen LogP contribution >= 0.6 is 0 Å². The van der Waals surface area contributed by atoms with Crippen molar-refractivity contribution in [2.45, 2.75) is 19.3 Å². The Labute approximate surface area is 161 Å². The molecule has 1 aliphatic heterocycles. The lowest BCUT2D eigenvalue weighted by Gasteiger charge is -2.38. The number of hydrogen-bond acceptors (Lipinski definition) is 3. The largest absolute Gasteiger partial charge is 0.434 e. The Morgan fingerprint density at radius 1 is 0.929 bits per heavy atom. The first-order chi connectivity index (χ1) is 13.6. The third kappa shape index (κ3) is 3.53. The van der Waals surface area contributed by atoms with Gasteiger partial charge in [-0.15, -0.1) is 0 Å². The summed E-state index contributed by atoms with van der Waals surface area (Å²) >= 11 is 0. The Bertz CT molecular complexity index is 979. The van der Waals surface area contributed by atoms with Crippen LogP contribution in [0.15, 0.2) is 78.9 Å². The predicted molar refractivity (Wildman–Crippen MR) is 102 cm³/mol. The van der Waals surface area contributed by atoms with Gasteiger partial charge in [-0.25, -0.2) is 0 Å². The van der Waals surface area contributed by atoms with Gasteiger partial charge in [0.25, 0.3) is 5.91 Å². The molecular formula is C22H18F2N2O2. The number of nitrogens with zero attached hydrogens (tertiary/aromatic N) is 1. The Morgan fingerprint density at radius 2 is 1.61 bits per heavy atom. The van der Waals surface area contributed by atoms with Crippen molar-refractivity contribution in [3.8, 4) is 5.75 Å². The van der Waals surface area contributed by atoms with Crippen molar-refractivity contribution in [3.05, 3.63) is 95.6 Å². The molecule has 4 rings (SSSR count). The first kappa shape index (κ1) is 18.0. The fraction of sp³-hybridized carbons (Fsp3) is 0.136. The van der Waals surface area contributed by atoms with Crippen molar-refractivity contribution < 1.29 is 18.3 Å². The van der Waals surface area contributed by atoms with E-state index in [2.05, 4.69) is 5.32 Å². The Kier molecular flexibility index (Phi) is 4.93. The van der Waals surface area contributed by atoms with Crippen LogP contribution in [0, 0.1) is 0 Å². The van der Waals surface area contributed by atoms with Crippen molar-refractivity contribution in [3.63, 3.8) is 0 Å². The molecule has 0 aromatic heterocycles. The SMILES string of the molecule is O=C1c2ccccc2N[C@@H](c2ccccc2OC(F)F)N1Cc1ccccc1. The minimum atomic E-state index is -2.95. The van der Waals surface area contributed by atoms with Gasteiger partial charge in [0, 0.05) is 17.8 Å². The van der Waals surface area contributed by atoms with Crippen LogP contribution in [0.3, 0.4) is 0 Å². The molecule has 1 heterocycles. The summed E-state index contributed by atoms with van der Waals surface area (Å²) in [5.41, 5.74) is 2.62. The molecule has 1 N–H and O–H groups in total. The molecular weight excluding hydrogens is 362 g/mol. The molecule has 142 valence electrons. The zero-order valence-electron chi connectivity index (χ0n) is 14.9. The van der Waals surface area contributed by atoms with Gasteiger partial charge < -0.3 is 15.0 Å². The number of benzene rings is 3. The van der Waals surface area contributed by atoms with Gasteiger partial charge in [-0.2, -0.15) is 8.78 Å². The third-order valence-corrected chi connectivity index (χ3v) is 4.65. The molecule has 0 unspecified atom stereocenters. The molecule has 4 nitrogen and oxygen atoms in total. The molecule has 0 bridgehead atoms. The maximum atomic E-state index is 13.2. The highest BCUT2D eigenvalue weighted by Gasteiger charge is 2.34. The molecule has 0 radical (unpaired) electrons. The van der Waals surface area contributed by atoms with E-state index in [0.717, 1.165) is 5.56 Å². The second-order valence-corrected chi connectivity index (χ2v) is 6.43. The van der Waals surface area contributed by atoms with Gasteiger partial charge >= 0.3 is 6.61 Å². The van der Waals surface area contributed by atoms with Gasteiger partial charge in [0.1, 0.15) is 11.9 Å². The number of halogens is 2. The summed E-state index contributed by atoms with van der Waals surface area (Å²) in [7, 11) is 0. The third-order valence-electron chi connectivity index (χ3n) is 4.65. The Hall–Kier alpha value is -3.41. The van der Waals surface area contributed by atoms with E-state index in [-0.39, 0.29) is 11.7 Å². The number of ether oxygens (including phenoxy) is 1. The van der Waals surface area contributed by atoms with Gasteiger partial charge in [0.2, 0.25) is 0 Å². The fourth-order valence-electron chi connectivity index (χ4n) is 3.39. The standard InChI is InChI=1S/C22H18F2N2O2/c23-22(24)28-19-13-7-5-11-17(19)20-25-18-12-6-4-10-16(18)21(27)26(20)14-15-8-2-1-3-9-15/h1-13,20,22,25H,14H2/t20-/m1/s1. The topological polar surface area (TPSA) is 41.6 Å². The van der Waals surface area contributed by atoms with Crippen molar-refractivity contribution >= 4 is 11.6 Å². The van der Waals surface area contributed by atoms with Crippen LogP contribution in [-0.4, -0.2) is 17.4 Å². The van der Waals surface area contributed by atoms with Crippen LogP contribution in [0.25, 0.3) is 0 Å². The minimum absolute atomic E-state index is 0.0419. The monoisotopic (exact) mass is 380 g/mol. The Morgan fingerprint density at radius 3 is 2.39 bits per heavy atom. The van der Waals surface area contributed by atoms with Crippen molar-refractivity contribution in [1.82, 2.24) is 4.90 Å². The number of carbonyl (C=O) groups excluding carboxylic acids is 1. The smallest absolute Gasteiger partial charge is 0.387 e. The number of carbonyl (C=O) groups is 1. The number of amides is 1. The summed E-state index contributed by atoms with van der Waals surface area (Å²) in [5, 5.41) is 3.31. The van der Waals surface area contributed by atoms with Crippen molar-refractivity contribution in [2.75, 3.05) is 5.32 Å². The lowest BCUT2D eigenvalue weighted by Crippen LogP contribution is -2.42. The van der Waals surface area contributed by atoms with Crippen LogP contribution < -0.4 is 10.1 Å². The summed E-state index contributed by atoms with van der Waals surface area (Å²) in [4.78, 5) is 14.9. The number of para-hydroxylation sites is 2. The van der Waals surface area contributed by atoms with E-state index in [4.69, 9.17) is 4.74 Å². The van der Waals surface area contributed by atoms with Crippen LogP contribution in [-0.2, 0) is 6.54 Å². The molecule has 3 aromatic rings. The molecule has 1 atom stereocenters. The highest BCUT2D eigenvalue weighted by molar-refractivity contribution is 6.01. The van der Waals surface area contributed by atoms with Gasteiger partial charge in [-0.05, 0) is 23.8 Å². The average molecular weight is 380 g/mol. The highest BCUT2D eigenvalue weighted by Crippen LogP contribution is 2.38. The van der Waals surface area contributed by atoms with E-state index in [1.165, 1.54) is 6.07 Å². The number of rotatable bonds is 5. The number of fused-ring (bicyclic) bond motifs is 1. The van der Waals surface area contributed by atoms with Crippen molar-refractivity contribution in [1.29, 1.82) is 0 Å². The predicted octanol–water partition coefficient (Wildman–Crippen LogP) is 5.05. The number of anilines is 1. The number of alkyl halides is 2. The summed E-state index contributed by atoms with van der Waals surface area (Å²) in [6.45, 7) is -2.62. The molecule has 0 saturated carbocycles. The molecule has 1 aliphatic rings. The van der Waals surface area contributed by atoms with Gasteiger partial charge in [0.15, 0.2) is 0 Å². The van der Waals surface area contributed by atoms with Crippen molar-refractivity contribution in [2.24, 2.45) is 0 Å². The number of nitrogens with one attached hydrogen (secondary N) is 1. The second-order valence-electron chi connectivity index (χ2n) is 6.43. The van der Waals surface area contributed by atoms with Crippen LogP contribution in [0.2, 0.25) is 0 Å². The molecule has 0 aliphatic carbocycles. The molecule has 0 saturated heterocycles. The summed E-state index contributed by atoms with van der Waals surface area (Å²) < 4.78 is 30.5. The first-order valence-corrected chi connectivity index (χ1v) is 8.87. The van der Waals surface area contributed by atoms with E-state index < -0.39 is 12.8 Å². The molecule has 0 fully saturated rings. The molecule has 6 heteroatoms. The lowest BCUT2D eigenvalue weighted by molar-refractivity contribution is -0.0509. The lowest BCUT2D eigenvalue weighted by atomic mass is 10.0. The van der Waals surface area contributed by atoms with E-state index >= 15 is 0 Å². The van der Waals surface area contributed by atoms with Gasteiger partial charge in [-0.3, -0.25) is 4.79 Å². The van der Waals surface area contributed by atoms with E-state index in [9.17, 15) is 13.6 Å². The Balaban J connectivity index is 1.78. The fourth-order valence-corrected chi connectivity index (χ4v) is 3.39. The minimum Gasteiger partial charge on any atom is -0.434 e. The number of hydrogen-bond donors (Lipinski definition) is 1. The average Bonchev–Trinajstić information content (AvgIpc) is 2.71. The van der Waals surface area contributed by atoms with E-state index in [1.807, 2.05) is 36.4 Å². The second kappa shape index (κ2) is 7.68.